The molecule has 0 bridgehead atoms. The van der Waals surface area contributed by atoms with Gasteiger partial charge in [0.25, 0.3) is 0 Å². The van der Waals surface area contributed by atoms with Crippen molar-refractivity contribution in [2.24, 2.45) is 5.92 Å². The zero-order valence-corrected chi connectivity index (χ0v) is 17.4. The van der Waals surface area contributed by atoms with Gasteiger partial charge in [0, 0.05) is 17.8 Å². The summed E-state index contributed by atoms with van der Waals surface area (Å²) in [6.07, 6.45) is 1.06. The van der Waals surface area contributed by atoms with Crippen molar-refractivity contribution in [1.82, 2.24) is 10.6 Å². The second-order valence-corrected chi connectivity index (χ2v) is 9.66. The normalized spacial score (nSPS) is 21.7. The first-order valence-electron chi connectivity index (χ1n) is 9.75. The average Bonchev–Trinajstić information content (AvgIpc) is 3.03. The van der Waals surface area contributed by atoms with Crippen molar-refractivity contribution in [2.45, 2.75) is 38.8 Å². The van der Waals surface area contributed by atoms with Gasteiger partial charge >= 0.3 is 6.03 Å². The average molecular weight is 426 g/mol. The van der Waals surface area contributed by atoms with Crippen molar-refractivity contribution in [2.75, 3.05) is 30.0 Å². The molecule has 1 fully saturated rings. The third kappa shape index (κ3) is 5.53. The van der Waals surface area contributed by atoms with Crippen LogP contribution in [0, 0.1) is 5.92 Å². The lowest BCUT2D eigenvalue weighted by atomic mass is 9.98. The minimum atomic E-state index is -3.10. The summed E-state index contributed by atoms with van der Waals surface area (Å²) in [4.78, 5) is 25.2. The SMILES string of the molecule is CCC(C)C(NC(=O)NC1CCS(=O)(=O)C1)C(=O)Nc1ccc2c(c1)OCCO2. The summed E-state index contributed by atoms with van der Waals surface area (Å²) in [5.41, 5.74) is 0.539. The third-order valence-corrected chi connectivity index (χ3v) is 6.93. The lowest BCUT2D eigenvalue weighted by Crippen LogP contribution is -2.53. The minimum Gasteiger partial charge on any atom is -0.486 e. The predicted molar refractivity (Wildman–Crippen MR) is 108 cm³/mol. The van der Waals surface area contributed by atoms with Gasteiger partial charge in [0.15, 0.2) is 21.3 Å². The van der Waals surface area contributed by atoms with Gasteiger partial charge in [-0.1, -0.05) is 20.3 Å². The van der Waals surface area contributed by atoms with Crippen molar-refractivity contribution < 1.29 is 27.5 Å². The topological polar surface area (TPSA) is 123 Å². The highest BCUT2D eigenvalue weighted by Gasteiger charge is 2.31. The zero-order valence-electron chi connectivity index (χ0n) is 16.6. The van der Waals surface area contributed by atoms with Gasteiger partial charge in [0.2, 0.25) is 5.91 Å². The lowest BCUT2D eigenvalue weighted by Gasteiger charge is -2.25. The molecule has 2 aliphatic rings. The van der Waals surface area contributed by atoms with Gasteiger partial charge < -0.3 is 25.4 Å². The van der Waals surface area contributed by atoms with Crippen LogP contribution in [0.3, 0.4) is 0 Å². The third-order valence-electron chi connectivity index (χ3n) is 5.16. The van der Waals surface area contributed by atoms with Crippen LogP contribution in [-0.2, 0) is 14.6 Å². The first-order valence-corrected chi connectivity index (χ1v) is 11.6. The Morgan fingerprint density at radius 2 is 1.93 bits per heavy atom. The fourth-order valence-corrected chi connectivity index (χ4v) is 4.99. The number of ether oxygens (including phenoxy) is 2. The molecule has 0 saturated carbocycles. The molecule has 1 saturated heterocycles. The fourth-order valence-electron chi connectivity index (χ4n) is 3.32. The summed E-state index contributed by atoms with van der Waals surface area (Å²) in [6, 6.07) is 3.37. The molecule has 160 valence electrons. The smallest absolute Gasteiger partial charge is 0.315 e. The maximum Gasteiger partial charge on any atom is 0.315 e. The van der Waals surface area contributed by atoms with E-state index in [2.05, 4.69) is 16.0 Å². The molecule has 9 nitrogen and oxygen atoms in total. The van der Waals surface area contributed by atoms with Crippen molar-refractivity contribution in [3.63, 3.8) is 0 Å². The first kappa shape index (κ1) is 21.2. The number of fused-ring (bicyclic) bond motifs is 1. The molecule has 0 radical (unpaired) electrons. The quantitative estimate of drug-likeness (QED) is 0.631. The number of hydrogen-bond acceptors (Lipinski definition) is 6. The van der Waals surface area contributed by atoms with E-state index >= 15 is 0 Å². The van der Waals surface area contributed by atoms with Gasteiger partial charge in [-0.2, -0.15) is 0 Å². The van der Waals surface area contributed by atoms with Crippen LogP contribution in [0.15, 0.2) is 18.2 Å². The molecule has 1 aromatic carbocycles. The number of urea groups is 1. The molecule has 0 aliphatic carbocycles. The number of nitrogens with one attached hydrogen (secondary N) is 3. The molecule has 3 N–H and O–H groups in total. The maximum atomic E-state index is 12.8. The summed E-state index contributed by atoms with van der Waals surface area (Å²) < 4.78 is 34.1. The molecule has 29 heavy (non-hydrogen) atoms. The number of carbonyl (C=O) groups excluding carboxylic acids is 2. The summed E-state index contributed by atoms with van der Waals surface area (Å²) in [6.45, 7) is 4.72. The van der Waals surface area contributed by atoms with Crippen LogP contribution in [0.25, 0.3) is 0 Å². The fraction of sp³-hybridized carbons (Fsp3) is 0.579. The Balaban J connectivity index is 1.63. The molecule has 3 amide bonds. The number of amides is 3. The Bertz CT molecular complexity index is 873. The van der Waals surface area contributed by atoms with E-state index in [1.807, 2.05) is 13.8 Å². The van der Waals surface area contributed by atoms with Crippen LogP contribution in [0.5, 0.6) is 11.5 Å². The van der Waals surface area contributed by atoms with E-state index in [0.717, 1.165) is 0 Å². The van der Waals surface area contributed by atoms with Crippen LogP contribution in [-0.4, -0.2) is 57.2 Å². The maximum absolute atomic E-state index is 12.8. The van der Waals surface area contributed by atoms with Gasteiger partial charge in [-0.25, -0.2) is 13.2 Å². The summed E-state index contributed by atoms with van der Waals surface area (Å²) >= 11 is 0. The monoisotopic (exact) mass is 425 g/mol. The summed E-state index contributed by atoms with van der Waals surface area (Å²) in [5.74, 6) is 0.698. The van der Waals surface area contributed by atoms with E-state index in [0.29, 0.717) is 43.2 Å². The Morgan fingerprint density at radius 3 is 2.59 bits per heavy atom. The number of sulfone groups is 1. The molecule has 0 aromatic heterocycles. The minimum absolute atomic E-state index is 0.0668. The molecule has 3 rings (SSSR count). The molecule has 3 atom stereocenters. The highest BCUT2D eigenvalue weighted by Crippen LogP contribution is 2.32. The van der Waals surface area contributed by atoms with Crippen LogP contribution < -0.4 is 25.4 Å². The van der Waals surface area contributed by atoms with E-state index in [1.165, 1.54) is 0 Å². The molecule has 2 aliphatic heterocycles. The highest BCUT2D eigenvalue weighted by atomic mass is 32.2. The van der Waals surface area contributed by atoms with E-state index in [1.54, 1.807) is 18.2 Å². The molecule has 3 unspecified atom stereocenters. The predicted octanol–water partition coefficient (Wildman–Crippen LogP) is 1.30. The van der Waals surface area contributed by atoms with E-state index in [9.17, 15) is 18.0 Å². The Labute approximate surface area is 170 Å². The molecule has 1 aromatic rings. The summed E-state index contributed by atoms with van der Waals surface area (Å²) in [7, 11) is -3.10. The lowest BCUT2D eigenvalue weighted by molar-refractivity contribution is -0.119. The Kier molecular flexibility index (Phi) is 6.51. The van der Waals surface area contributed by atoms with Crippen molar-refractivity contribution in [3.8, 4) is 11.5 Å². The Hall–Kier alpha value is -2.49. The van der Waals surface area contributed by atoms with E-state index < -0.39 is 28.0 Å². The zero-order chi connectivity index (χ0) is 21.0. The second-order valence-electron chi connectivity index (χ2n) is 7.43. The van der Waals surface area contributed by atoms with Gasteiger partial charge in [-0.05, 0) is 24.5 Å². The van der Waals surface area contributed by atoms with Crippen molar-refractivity contribution >= 4 is 27.5 Å². The van der Waals surface area contributed by atoms with Crippen LogP contribution >= 0.6 is 0 Å². The van der Waals surface area contributed by atoms with Crippen LogP contribution in [0.4, 0.5) is 10.5 Å². The molecular formula is C19H27N3O6S. The Morgan fingerprint density at radius 1 is 1.21 bits per heavy atom. The number of hydrogen-bond donors (Lipinski definition) is 3. The van der Waals surface area contributed by atoms with Gasteiger partial charge in [-0.3, -0.25) is 4.79 Å². The van der Waals surface area contributed by atoms with Crippen molar-refractivity contribution in [3.05, 3.63) is 18.2 Å². The number of rotatable bonds is 6. The standard InChI is InChI=1S/C19H27N3O6S/c1-3-12(2)17(22-19(24)21-14-6-9-29(25,26)11-14)18(23)20-13-4-5-15-16(10-13)28-8-7-27-15/h4-5,10,12,14,17H,3,6-9,11H2,1-2H3,(H,20,23)(H2,21,22,24). The number of benzene rings is 1. The first-order chi connectivity index (χ1) is 13.8. The number of carbonyl (C=O) groups is 2. The van der Waals surface area contributed by atoms with Gasteiger partial charge in [0.05, 0.1) is 11.5 Å². The molecule has 10 heteroatoms. The molecule has 2 heterocycles. The van der Waals surface area contributed by atoms with E-state index in [4.69, 9.17) is 9.47 Å². The van der Waals surface area contributed by atoms with Crippen LogP contribution in [0.1, 0.15) is 26.7 Å². The van der Waals surface area contributed by atoms with Crippen LogP contribution in [0.2, 0.25) is 0 Å². The van der Waals surface area contributed by atoms with E-state index in [-0.39, 0.29) is 23.3 Å². The summed E-state index contributed by atoms with van der Waals surface area (Å²) in [5, 5.41) is 8.16. The number of anilines is 1. The second kappa shape index (κ2) is 8.89. The van der Waals surface area contributed by atoms with Crippen molar-refractivity contribution in [1.29, 1.82) is 0 Å². The highest BCUT2D eigenvalue weighted by molar-refractivity contribution is 7.91. The van der Waals surface area contributed by atoms with Gasteiger partial charge in [0.1, 0.15) is 19.3 Å². The molecule has 0 spiro atoms. The van der Waals surface area contributed by atoms with Gasteiger partial charge in [-0.15, -0.1) is 0 Å². The largest absolute Gasteiger partial charge is 0.486 e. The molecular weight excluding hydrogens is 398 g/mol.